The van der Waals surface area contributed by atoms with E-state index in [1.165, 1.54) is 11.8 Å². The van der Waals surface area contributed by atoms with Crippen LogP contribution in [0.2, 0.25) is 0 Å². The fraction of sp³-hybridized carbons (Fsp3) is 0.292. The molecule has 0 aromatic heterocycles. The lowest BCUT2D eigenvalue weighted by Gasteiger charge is -2.07. The Balaban J connectivity index is 1.89. The molecule has 0 aliphatic rings. The van der Waals surface area contributed by atoms with Crippen molar-refractivity contribution < 1.29 is 14.3 Å². The van der Waals surface area contributed by atoms with Gasteiger partial charge >= 0.3 is 5.97 Å². The SMILES string of the molecule is CCCCc1ccc(NC(=O)/C(C#N)=C\NCc2ccc(C(=O)OCC)cc2)cc1. The van der Waals surface area contributed by atoms with Crippen molar-refractivity contribution in [2.75, 3.05) is 11.9 Å². The fourth-order valence-corrected chi connectivity index (χ4v) is 2.73. The third-order valence-electron chi connectivity index (χ3n) is 4.41. The number of rotatable bonds is 10. The van der Waals surface area contributed by atoms with E-state index < -0.39 is 5.91 Å². The van der Waals surface area contributed by atoms with Gasteiger partial charge in [-0.2, -0.15) is 5.26 Å². The number of unbranched alkanes of at least 4 members (excludes halogenated alkanes) is 1. The zero-order chi connectivity index (χ0) is 21.8. The average Bonchev–Trinajstić information content (AvgIpc) is 2.76. The highest BCUT2D eigenvalue weighted by Gasteiger charge is 2.09. The molecule has 2 N–H and O–H groups in total. The molecule has 0 unspecified atom stereocenters. The van der Waals surface area contributed by atoms with Crippen molar-refractivity contribution in [1.82, 2.24) is 5.32 Å². The fourth-order valence-electron chi connectivity index (χ4n) is 2.73. The van der Waals surface area contributed by atoms with Gasteiger partial charge in [0.2, 0.25) is 0 Å². The van der Waals surface area contributed by atoms with Crippen molar-refractivity contribution >= 4 is 17.6 Å². The van der Waals surface area contributed by atoms with Crippen molar-refractivity contribution in [2.24, 2.45) is 0 Å². The van der Waals surface area contributed by atoms with Gasteiger partial charge in [-0.05, 0) is 55.2 Å². The Morgan fingerprint density at radius 1 is 1.03 bits per heavy atom. The van der Waals surface area contributed by atoms with E-state index in [1.54, 1.807) is 31.2 Å². The van der Waals surface area contributed by atoms with Crippen LogP contribution in [-0.4, -0.2) is 18.5 Å². The number of nitrogens with one attached hydrogen (secondary N) is 2. The lowest BCUT2D eigenvalue weighted by atomic mass is 10.1. The van der Waals surface area contributed by atoms with Gasteiger partial charge in [0.25, 0.3) is 5.91 Å². The number of hydrogen-bond donors (Lipinski definition) is 2. The molecule has 2 aromatic carbocycles. The summed E-state index contributed by atoms with van der Waals surface area (Å²) in [6.07, 6.45) is 4.67. The number of carbonyl (C=O) groups is 2. The number of aryl methyl sites for hydroxylation is 1. The highest BCUT2D eigenvalue weighted by molar-refractivity contribution is 6.06. The van der Waals surface area contributed by atoms with Crippen LogP contribution in [0.15, 0.2) is 60.3 Å². The Morgan fingerprint density at radius 2 is 1.70 bits per heavy atom. The number of hydrogen-bond acceptors (Lipinski definition) is 5. The van der Waals surface area contributed by atoms with Gasteiger partial charge in [0, 0.05) is 18.4 Å². The second kappa shape index (κ2) is 12.1. The molecule has 0 aliphatic carbocycles. The maximum atomic E-state index is 12.3. The molecular formula is C24H27N3O3. The van der Waals surface area contributed by atoms with Gasteiger partial charge in [0.05, 0.1) is 12.2 Å². The van der Waals surface area contributed by atoms with Crippen LogP contribution in [-0.2, 0) is 22.5 Å². The van der Waals surface area contributed by atoms with Gasteiger partial charge in [0.15, 0.2) is 0 Å². The Bertz CT molecular complexity index is 910. The largest absolute Gasteiger partial charge is 0.462 e. The summed E-state index contributed by atoms with van der Waals surface area (Å²) >= 11 is 0. The van der Waals surface area contributed by atoms with Crippen molar-refractivity contribution in [3.8, 4) is 6.07 Å². The molecule has 0 atom stereocenters. The molecule has 0 aliphatic heterocycles. The first kappa shape index (κ1) is 22.7. The minimum atomic E-state index is -0.469. The number of amides is 1. The summed E-state index contributed by atoms with van der Waals surface area (Å²) in [5.41, 5.74) is 3.24. The lowest BCUT2D eigenvalue weighted by Crippen LogP contribution is -2.16. The molecular weight excluding hydrogens is 378 g/mol. The van der Waals surface area contributed by atoms with Crippen molar-refractivity contribution in [1.29, 1.82) is 5.26 Å². The van der Waals surface area contributed by atoms with Crippen molar-refractivity contribution in [3.63, 3.8) is 0 Å². The Kier molecular flexibility index (Phi) is 9.14. The van der Waals surface area contributed by atoms with E-state index in [0.29, 0.717) is 24.4 Å². The van der Waals surface area contributed by atoms with Crippen LogP contribution in [0.5, 0.6) is 0 Å². The van der Waals surface area contributed by atoms with E-state index >= 15 is 0 Å². The van der Waals surface area contributed by atoms with Crippen LogP contribution >= 0.6 is 0 Å². The molecule has 2 rings (SSSR count). The van der Waals surface area contributed by atoms with Gasteiger partial charge in [-0.15, -0.1) is 0 Å². The number of esters is 1. The maximum Gasteiger partial charge on any atom is 0.338 e. The van der Waals surface area contributed by atoms with Crippen molar-refractivity contribution in [2.45, 2.75) is 39.7 Å². The first-order valence-electron chi connectivity index (χ1n) is 10.1. The molecule has 30 heavy (non-hydrogen) atoms. The monoisotopic (exact) mass is 405 g/mol. The van der Waals surface area contributed by atoms with E-state index in [1.807, 2.05) is 30.3 Å². The second-order valence-corrected chi connectivity index (χ2v) is 6.72. The standard InChI is InChI=1S/C24H27N3O3/c1-3-5-6-18-9-13-22(14-10-18)27-23(28)21(15-25)17-26-16-19-7-11-20(12-8-19)24(29)30-4-2/h7-14,17,26H,3-6,16H2,1-2H3,(H,27,28)/b21-17-. The van der Waals surface area contributed by atoms with Gasteiger partial charge in [-0.25, -0.2) is 4.79 Å². The molecule has 2 aromatic rings. The highest BCUT2D eigenvalue weighted by atomic mass is 16.5. The Labute approximate surface area is 177 Å². The number of nitriles is 1. The summed E-state index contributed by atoms with van der Waals surface area (Å²) in [5, 5.41) is 15.0. The van der Waals surface area contributed by atoms with Gasteiger partial charge in [-0.3, -0.25) is 4.79 Å². The second-order valence-electron chi connectivity index (χ2n) is 6.72. The number of benzene rings is 2. The van der Waals surface area contributed by atoms with Crippen molar-refractivity contribution in [3.05, 3.63) is 77.0 Å². The average molecular weight is 405 g/mol. The molecule has 156 valence electrons. The summed E-state index contributed by atoms with van der Waals surface area (Å²) < 4.78 is 4.95. The summed E-state index contributed by atoms with van der Waals surface area (Å²) in [4.78, 5) is 24.0. The third-order valence-corrected chi connectivity index (χ3v) is 4.41. The smallest absolute Gasteiger partial charge is 0.338 e. The molecule has 0 saturated heterocycles. The van der Waals surface area contributed by atoms with Gasteiger partial charge in [-0.1, -0.05) is 37.6 Å². The van der Waals surface area contributed by atoms with E-state index in [9.17, 15) is 14.9 Å². The molecule has 0 bridgehead atoms. The molecule has 6 nitrogen and oxygen atoms in total. The summed E-state index contributed by atoms with van der Waals surface area (Å²) in [6.45, 7) is 4.65. The predicted octanol–water partition coefficient (Wildman–Crippen LogP) is 4.34. The third kappa shape index (κ3) is 7.10. The minimum absolute atomic E-state index is 0.0202. The van der Waals surface area contributed by atoms with Crippen LogP contribution in [0.3, 0.4) is 0 Å². The number of ether oxygens (including phenoxy) is 1. The summed E-state index contributed by atoms with van der Waals surface area (Å²) in [5.74, 6) is -0.831. The summed E-state index contributed by atoms with van der Waals surface area (Å²) in [7, 11) is 0. The molecule has 0 heterocycles. The number of nitrogens with zero attached hydrogens (tertiary/aromatic N) is 1. The Hall–Kier alpha value is -3.59. The summed E-state index contributed by atoms with van der Waals surface area (Å²) in [6, 6.07) is 16.5. The maximum absolute atomic E-state index is 12.3. The van der Waals surface area contributed by atoms with E-state index in [-0.39, 0.29) is 11.5 Å². The zero-order valence-corrected chi connectivity index (χ0v) is 17.4. The molecule has 0 radical (unpaired) electrons. The molecule has 0 saturated carbocycles. The van der Waals surface area contributed by atoms with Crippen LogP contribution < -0.4 is 10.6 Å². The highest BCUT2D eigenvalue weighted by Crippen LogP contribution is 2.13. The topological polar surface area (TPSA) is 91.2 Å². The van der Waals surface area contributed by atoms with E-state index in [2.05, 4.69) is 17.6 Å². The predicted molar refractivity (Wildman–Crippen MR) is 117 cm³/mol. The quantitative estimate of drug-likeness (QED) is 0.348. The molecule has 1 amide bonds. The number of carbonyl (C=O) groups excluding carboxylic acids is 2. The van der Waals surface area contributed by atoms with Crippen LogP contribution in [0.4, 0.5) is 5.69 Å². The van der Waals surface area contributed by atoms with E-state index in [0.717, 1.165) is 24.8 Å². The first-order chi connectivity index (χ1) is 14.6. The lowest BCUT2D eigenvalue weighted by molar-refractivity contribution is -0.112. The molecule has 0 fully saturated rings. The molecule has 0 spiro atoms. The van der Waals surface area contributed by atoms with Gasteiger partial charge in [0.1, 0.15) is 11.6 Å². The van der Waals surface area contributed by atoms with Crippen LogP contribution in [0.25, 0.3) is 0 Å². The van der Waals surface area contributed by atoms with Crippen LogP contribution in [0.1, 0.15) is 48.2 Å². The zero-order valence-electron chi connectivity index (χ0n) is 17.4. The Morgan fingerprint density at radius 3 is 2.30 bits per heavy atom. The molecule has 6 heteroatoms. The first-order valence-corrected chi connectivity index (χ1v) is 10.1. The van der Waals surface area contributed by atoms with Gasteiger partial charge < -0.3 is 15.4 Å². The van der Waals surface area contributed by atoms with E-state index in [4.69, 9.17) is 4.74 Å². The number of anilines is 1. The minimum Gasteiger partial charge on any atom is -0.462 e. The van der Waals surface area contributed by atoms with Crippen LogP contribution in [0, 0.1) is 11.3 Å². The normalized spacial score (nSPS) is 10.8.